The number of carbonyl (C=O) groups excluding carboxylic acids is 1. The van der Waals surface area contributed by atoms with Crippen LogP contribution >= 0.6 is 0 Å². The fourth-order valence-corrected chi connectivity index (χ4v) is 2.32. The van der Waals surface area contributed by atoms with Crippen LogP contribution in [0.3, 0.4) is 0 Å². The van der Waals surface area contributed by atoms with Crippen LogP contribution in [0, 0.1) is 0 Å². The van der Waals surface area contributed by atoms with Gasteiger partial charge in [-0.15, -0.1) is 0 Å². The van der Waals surface area contributed by atoms with Gasteiger partial charge in [0, 0.05) is 28.2 Å². The molecular weight excluding hydrogens is 280 g/mol. The second kappa shape index (κ2) is 6.10. The molecule has 0 aliphatic rings. The minimum atomic E-state index is -3.53. The van der Waals surface area contributed by atoms with E-state index >= 15 is 0 Å². The molecule has 112 valence electrons. The summed E-state index contributed by atoms with van der Waals surface area (Å²) >= 11 is 0. The lowest BCUT2D eigenvalue weighted by Crippen LogP contribution is -2.29. The summed E-state index contributed by atoms with van der Waals surface area (Å²) in [6.07, 6.45) is 0. The van der Waals surface area contributed by atoms with Gasteiger partial charge in [0.05, 0.1) is 22.8 Å². The third-order valence-electron chi connectivity index (χ3n) is 2.73. The number of nitrogen functional groups attached to an aromatic ring is 1. The minimum absolute atomic E-state index is 0.0443. The first kappa shape index (κ1) is 16.3. The van der Waals surface area contributed by atoms with Crippen molar-refractivity contribution in [3.8, 4) is 0 Å². The van der Waals surface area contributed by atoms with E-state index in [4.69, 9.17) is 5.73 Å². The minimum Gasteiger partial charge on any atom is -0.397 e. The lowest BCUT2D eigenvalue weighted by Gasteiger charge is -2.16. The molecule has 0 heterocycles. The molecule has 0 aliphatic carbocycles. The van der Waals surface area contributed by atoms with E-state index in [1.54, 1.807) is 14.1 Å². The molecule has 0 radical (unpaired) electrons. The maximum Gasteiger partial charge on any atom is 0.242 e. The van der Waals surface area contributed by atoms with Crippen LogP contribution < -0.4 is 11.1 Å². The summed E-state index contributed by atoms with van der Waals surface area (Å²) in [5, 5.41) is 2.85. The van der Waals surface area contributed by atoms with Crippen molar-refractivity contribution in [2.24, 2.45) is 0 Å². The highest BCUT2D eigenvalue weighted by Gasteiger charge is 2.18. The molecule has 0 saturated carbocycles. The van der Waals surface area contributed by atoms with Crippen LogP contribution in [0.2, 0.25) is 0 Å². The number of carbonyl (C=O) groups is 1. The zero-order chi connectivity index (χ0) is 15.5. The molecule has 1 aromatic carbocycles. The van der Waals surface area contributed by atoms with Gasteiger partial charge in [0.25, 0.3) is 0 Å². The zero-order valence-corrected chi connectivity index (χ0v) is 12.9. The fourth-order valence-electron chi connectivity index (χ4n) is 1.39. The number of nitrogens with zero attached hydrogens (tertiary/aromatic N) is 2. The van der Waals surface area contributed by atoms with Gasteiger partial charge < -0.3 is 16.0 Å². The molecule has 0 unspecified atom stereocenters. The van der Waals surface area contributed by atoms with Crippen LogP contribution in [0.1, 0.15) is 0 Å². The SMILES string of the molecule is CN(C)C(=O)CNc1cc(S(=O)(=O)N(C)C)ccc1N. The van der Waals surface area contributed by atoms with Crippen molar-refractivity contribution in [1.29, 1.82) is 0 Å². The van der Waals surface area contributed by atoms with E-state index in [9.17, 15) is 13.2 Å². The Kier molecular flexibility index (Phi) is 4.96. The second-order valence-electron chi connectivity index (χ2n) is 4.68. The molecule has 1 aromatic rings. The van der Waals surface area contributed by atoms with Gasteiger partial charge in [0.1, 0.15) is 0 Å². The van der Waals surface area contributed by atoms with Gasteiger partial charge in [-0.25, -0.2) is 12.7 Å². The quantitative estimate of drug-likeness (QED) is 0.747. The molecule has 1 amide bonds. The molecule has 0 fully saturated rings. The first-order chi connectivity index (χ1) is 9.16. The van der Waals surface area contributed by atoms with Gasteiger partial charge in [-0.05, 0) is 18.2 Å². The van der Waals surface area contributed by atoms with Gasteiger partial charge in [0.15, 0.2) is 0 Å². The number of hydrogen-bond acceptors (Lipinski definition) is 5. The van der Waals surface area contributed by atoms with Crippen molar-refractivity contribution in [2.75, 3.05) is 45.8 Å². The summed E-state index contributed by atoms with van der Waals surface area (Å²) in [6.45, 7) is 0.0443. The molecule has 0 atom stereocenters. The number of benzene rings is 1. The number of likely N-dealkylation sites (N-methyl/N-ethyl adjacent to an activating group) is 1. The highest BCUT2D eigenvalue weighted by molar-refractivity contribution is 7.89. The third kappa shape index (κ3) is 3.61. The molecule has 20 heavy (non-hydrogen) atoms. The number of amides is 1. The highest BCUT2D eigenvalue weighted by atomic mass is 32.2. The summed E-state index contributed by atoms with van der Waals surface area (Å²) in [6, 6.07) is 4.36. The Balaban J connectivity index is 3.02. The first-order valence-corrected chi connectivity index (χ1v) is 7.36. The van der Waals surface area contributed by atoms with E-state index in [0.29, 0.717) is 11.4 Å². The van der Waals surface area contributed by atoms with Crippen molar-refractivity contribution in [3.63, 3.8) is 0 Å². The average molecular weight is 300 g/mol. The van der Waals surface area contributed by atoms with Gasteiger partial charge >= 0.3 is 0 Å². The standard InChI is InChI=1S/C12H20N4O3S/c1-15(2)12(17)8-14-11-7-9(5-6-10(11)13)20(18,19)16(3)4/h5-7,14H,8,13H2,1-4H3. The number of sulfonamides is 1. The molecule has 0 saturated heterocycles. The van der Waals surface area contributed by atoms with Crippen LogP contribution in [0.5, 0.6) is 0 Å². The van der Waals surface area contributed by atoms with E-state index < -0.39 is 10.0 Å². The van der Waals surface area contributed by atoms with Crippen molar-refractivity contribution in [2.45, 2.75) is 4.90 Å². The molecule has 0 aromatic heterocycles. The molecule has 1 rings (SSSR count). The highest BCUT2D eigenvalue weighted by Crippen LogP contribution is 2.24. The number of nitrogens with two attached hydrogens (primary N) is 1. The Morgan fingerprint density at radius 1 is 1.25 bits per heavy atom. The third-order valence-corrected chi connectivity index (χ3v) is 4.54. The number of anilines is 2. The van der Waals surface area contributed by atoms with E-state index in [1.807, 2.05) is 0 Å². The van der Waals surface area contributed by atoms with E-state index in [-0.39, 0.29) is 17.3 Å². The van der Waals surface area contributed by atoms with Crippen LogP contribution in [0.25, 0.3) is 0 Å². The molecule has 8 heteroatoms. The van der Waals surface area contributed by atoms with E-state index in [0.717, 1.165) is 4.31 Å². The van der Waals surface area contributed by atoms with Crippen molar-refractivity contribution in [1.82, 2.24) is 9.21 Å². The predicted octanol–water partition coefficient (Wildman–Crippen LogP) is 0.0192. The Morgan fingerprint density at radius 3 is 2.35 bits per heavy atom. The fraction of sp³-hybridized carbons (Fsp3) is 0.417. The summed E-state index contributed by atoms with van der Waals surface area (Å²) < 4.78 is 25.2. The number of nitrogens with one attached hydrogen (secondary N) is 1. The molecule has 0 aliphatic heterocycles. The molecule has 0 bridgehead atoms. The van der Waals surface area contributed by atoms with Crippen LogP contribution in [0.4, 0.5) is 11.4 Å². The van der Waals surface area contributed by atoms with Gasteiger partial charge in [0.2, 0.25) is 15.9 Å². The largest absolute Gasteiger partial charge is 0.397 e. The van der Waals surface area contributed by atoms with E-state index in [1.165, 1.54) is 37.2 Å². The van der Waals surface area contributed by atoms with Gasteiger partial charge in [-0.2, -0.15) is 0 Å². The Bertz CT molecular complexity index is 597. The lowest BCUT2D eigenvalue weighted by atomic mass is 10.2. The van der Waals surface area contributed by atoms with Crippen molar-refractivity contribution < 1.29 is 13.2 Å². The Morgan fingerprint density at radius 2 is 1.85 bits per heavy atom. The predicted molar refractivity (Wildman–Crippen MR) is 78.9 cm³/mol. The maximum atomic E-state index is 12.0. The number of rotatable bonds is 5. The van der Waals surface area contributed by atoms with Gasteiger partial charge in [-0.3, -0.25) is 4.79 Å². The Labute approximate surface area is 119 Å². The van der Waals surface area contributed by atoms with Crippen molar-refractivity contribution in [3.05, 3.63) is 18.2 Å². The summed E-state index contributed by atoms with van der Waals surface area (Å²) in [5.74, 6) is -0.134. The number of hydrogen-bond donors (Lipinski definition) is 2. The maximum absolute atomic E-state index is 12.0. The second-order valence-corrected chi connectivity index (χ2v) is 6.83. The van der Waals surface area contributed by atoms with Crippen molar-refractivity contribution >= 4 is 27.3 Å². The van der Waals surface area contributed by atoms with Crippen LogP contribution in [0.15, 0.2) is 23.1 Å². The smallest absolute Gasteiger partial charge is 0.242 e. The molecular formula is C12H20N4O3S. The molecule has 3 N–H and O–H groups in total. The van der Waals surface area contributed by atoms with Crippen LogP contribution in [-0.4, -0.2) is 58.3 Å². The summed E-state index contributed by atoms with van der Waals surface area (Å²) in [4.78, 5) is 13.1. The average Bonchev–Trinajstić information content (AvgIpc) is 2.36. The van der Waals surface area contributed by atoms with E-state index in [2.05, 4.69) is 5.32 Å². The Hall–Kier alpha value is -1.80. The topological polar surface area (TPSA) is 95.7 Å². The normalized spacial score (nSPS) is 11.4. The zero-order valence-electron chi connectivity index (χ0n) is 12.0. The summed E-state index contributed by atoms with van der Waals surface area (Å²) in [7, 11) is 2.66. The van der Waals surface area contributed by atoms with Gasteiger partial charge in [-0.1, -0.05) is 0 Å². The lowest BCUT2D eigenvalue weighted by molar-refractivity contribution is -0.126. The van der Waals surface area contributed by atoms with Crippen LogP contribution in [-0.2, 0) is 14.8 Å². The molecule has 7 nitrogen and oxygen atoms in total. The monoisotopic (exact) mass is 300 g/mol. The summed E-state index contributed by atoms with van der Waals surface area (Å²) in [5.41, 5.74) is 6.58. The molecule has 0 spiro atoms. The first-order valence-electron chi connectivity index (χ1n) is 5.92.